The number of halogens is 3. The summed E-state index contributed by atoms with van der Waals surface area (Å²) in [5.74, 6) is -0.782. The maximum atomic E-state index is 12.1. The highest BCUT2D eigenvalue weighted by Crippen LogP contribution is 2.16. The van der Waals surface area contributed by atoms with E-state index in [9.17, 15) is 18.4 Å². The molecule has 164 valence electrons. The number of hydrogen-bond donors (Lipinski definition) is 2. The van der Waals surface area contributed by atoms with E-state index >= 15 is 0 Å². The van der Waals surface area contributed by atoms with Crippen LogP contribution < -0.4 is 10.1 Å². The first-order chi connectivity index (χ1) is 13.3. The van der Waals surface area contributed by atoms with Gasteiger partial charge in [-0.15, -0.1) is 12.4 Å². The molecule has 1 aromatic carbocycles. The molecule has 1 saturated heterocycles. The predicted molar refractivity (Wildman–Crippen MR) is 107 cm³/mol. The van der Waals surface area contributed by atoms with Gasteiger partial charge in [0.2, 0.25) is 5.91 Å². The summed E-state index contributed by atoms with van der Waals surface area (Å²) < 4.78 is 28.5. The molecule has 2 rings (SSSR count). The standard InChI is InChI=1S/C19H27F2N3O4.ClH/c1-23(13-18(26)27)15-7-10-24(11-8-15)12-17(25)22-9-6-14-2-4-16(5-3-14)28-19(20)21;/h2-5,15,19H,6-13H2,1H3,(H,22,25)(H,26,27);1H. The van der Waals surface area contributed by atoms with Crippen LogP contribution in [-0.4, -0.2) is 79.2 Å². The fourth-order valence-corrected chi connectivity index (χ4v) is 3.30. The molecule has 29 heavy (non-hydrogen) atoms. The van der Waals surface area contributed by atoms with Gasteiger partial charge in [0.1, 0.15) is 5.75 Å². The molecule has 0 aromatic heterocycles. The lowest BCUT2D eigenvalue weighted by Crippen LogP contribution is -2.47. The number of carbonyl (C=O) groups is 2. The van der Waals surface area contributed by atoms with Crippen molar-refractivity contribution in [1.29, 1.82) is 0 Å². The third-order valence-corrected chi connectivity index (χ3v) is 4.82. The molecule has 2 N–H and O–H groups in total. The summed E-state index contributed by atoms with van der Waals surface area (Å²) in [5, 5.41) is 11.7. The molecule has 10 heteroatoms. The summed E-state index contributed by atoms with van der Waals surface area (Å²) in [6.45, 7) is -0.517. The van der Waals surface area contributed by atoms with Crippen LogP contribution in [0.3, 0.4) is 0 Å². The molecular formula is C19H28ClF2N3O4. The molecule has 0 spiro atoms. The molecule has 0 bridgehead atoms. The number of nitrogens with one attached hydrogen (secondary N) is 1. The van der Waals surface area contributed by atoms with Crippen LogP contribution >= 0.6 is 12.4 Å². The Morgan fingerprint density at radius 2 is 1.90 bits per heavy atom. The number of carboxylic acid groups (broad SMARTS) is 1. The highest BCUT2D eigenvalue weighted by Gasteiger charge is 2.24. The first-order valence-electron chi connectivity index (χ1n) is 9.28. The topological polar surface area (TPSA) is 82.1 Å². The maximum absolute atomic E-state index is 12.1. The zero-order valence-electron chi connectivity index (χ0n) is 16.4. The van der Waals surface area contributed by atoms with Crippen LogP contribution in [0.15, 0.2) is 24.3 Å². The largest absolute Gasteiger partial charge is 0.480 e. The summed E-state index contributed by atoms with van der Waals surface area (Å²) >= 11 is 0. The number of amides is 1. The SMILES string of the molecule is CN(CC(=O)O)C1CCN(CC(=O)NCCc2ccc(OC(F)F)cc2)CC1.Cl. The van der Waals surface area contributed by atoms with E-state index in [2.05, 4.69) is 15.0 Å². The molecule has 1 aromatic rings. The second kappa shape index (κ2) is 12.6. The highest BCUT2D eigenvalue weighted by molar-refractivity contribution is 5.85. The van der Waals surface area contributed by atoms with Crippen molar-refractivity contribution in [3.8, 4) is 5.75 Å². The monoisotopic (exact) mass is 435 g/mol. The van der Waals surface area contributed by atoms with Gasteiger partial charge in [0, 0.05) is 25.7 Å². The average Bonchev–Trinajstić information content (AvgIpc) is 2.63. The van der Waals surface area contributed by atoms with Gasteiger partial charge in [0.25, 0.3) is 0 Å². The summed E-state index contributed by atoms with van der Waals surface area (Å²) in [6, 6.07) is 6.58. The van der Waals surface area contributed by atoms with E-state index in [0.717, 1.165) is 31.5 Å². The number of rotatable bonds is 10. The molecule has 0 radical (unpaired) electrons. The zero-order valence-corrected chi connectivity index (χ0v) is 17.2. The molecule has 0 atom stereocenters. The molecule has 1 heterocycles. The van der Waals surface area contributed by atoms with Crippen LogP contribution in [0.25, 0.3) is 0 Å². The number of ether oxygens (including phenoxy) is 1. The fourth-order valence-electron chi connectivity index (χ4n) is 3.30. The van der Waals surface area contributed by atoms with Gasteiger partial charge in [-0.05, 0) is 44.0 Å². The van der Waals surface area contributed by atoms with E-state index in [0.29, 0.717) is 19.5 Å². The Bertz CT molecular complexity index is 641. The fraction of sp³-hybridized carbons (Fsp3) is 0.579. The normalized spacial score (nSPS) is 15.2. The molecule has 7 nitrogen and oxygen atoms in total. The molecule has 1 amide bonds. The number of nitrogens with zero attached hydrogens (tertiary/aromatic N) is 2. The number of hydrogen-bond acceptors (Lipinski definition) is 5. The molecule has 0 unspecified atom stereocenters. The number of piperidine rings is 1. The van der Waals surface area contributed by atoms with Crippen molar-refractivity contribution in [2.24, 2.45) is 0 Å². The van der Waals surface area contributed by atoms with E-state index < -0.39 is 12.6 Å². The lowest BCUT2D eigenvalue weighted by molar-refractivity contribution is -0.138. The number of likely N-dealkylation sites (tertiary alicyclic amines) is 1. The molecule has 1 fully saturated rings. The Balaban J connectivity index is 0.00000420. The van der Waals surface area contributed by atoms with E-state index in [-0.39, 0.29) is 36.7 Å². The highest BCUT2D eigenvalue weighted by atomic mass is 35.5. The average molecular weight is 436 g/mol. The van der Waals surface area contributed by atoms with Gasteiger partial charge < -0.3 is 15.2 Å². The van der Waals surface area contributed by atoms with Crippen LogP contribution in [0.5, 0.6) is 5.75 Å². The van der Waals surface area contributed by atoms with Crippen molar-refractivity contribution in [1.82, 2.24) is 15.1 Å². The van der Waals surface area contributed by atoms with Gasteiger partial charge in [-0.25, -0.2) is 0 Å². The minimum atomic E-state index is -2.84. The number of alkyl halides is 2. The second-order valence-corrected chi connectivity index (χ2v) is 6.94. The van der Waals surface area contributed by atoms with Crippen molar-refractivity contribution in [2.45, 2.75) is 31.9 Å². The van der Waals surface area contributed by atoms with Crippen LogP contribution in [-0.2, 0) is 16.0 Å². The minimum absolute atomic E-state index is 0. The van der Waals surface area contributed by atoms with Gasteiger partial charge >= 0.3 is 12.6 Å². The van der Waals surface area contributed by atoms with Crippen molar-refractivity contribution in [3.05, 3.63) is 29.8 Å². The third-order valence-electron chi connectivity index (χ3n) is 4.82. The Labute approximate surface area is 175 Å². The quantitative estimate of drug-likeness (QED) is 0.583. The van der Waals surface area contributed by atoms with Gasteiger partial charge in [-0.2, -0.15) is 8.78 Å². The maximum Gasteiger partial charge on any atom is 0.387 e. The van der Waals surface area contributed by atoms with Crippen LogP contribution in [0.4, 0.5) is 8.78 Å². The van der Waals surface area contributed by atoms with Gasteiger partial charge in [-0.3, -0.25) is 19.4 Å². The predicted octanol–water partition coefficient (Wildman–Crippen LogP) is 1.85. The Morgan fingerprint density at radius 3 is 2.45 bits per heavy atom. The first kappa shape index (κ1) is 25.1. The summed E-state index contributed by atoms with van der Waals surface area (Å²) in [6.07, 6.45) is 2.27. The molecule has 1 aliphatic rings. The van der Waals surface area contributed by atoms with E-state index in [1.165, 1.54) is 12.1 Å². The van der Waals surface area contributed by atoms with Crippen LogP contribution in [0, 0.1) is 0 Å². The van der Waals surface area contributed by atoms with E-state index in [4.69, 9.17) is 5.11 Å². The molecular weight excluding hydrogens is 408 g/mol. The van der Waals surface area contributed by atoms with Crippen molar-refractivity contribution in [2.75, 3.05) is 39.8 Å². The Morgan fingerprint density at radius 1 is 1.28 bits per heavy atom. The van der Waals surface area contributed by atoms with Gasteiger partial charge in [-0.1, -0.05) is 12.1 Å². The molecule has 1 aliphatic heterocycles. The van der Waals surface area contributed by atoms with Crippen molar-refractivity contribution in [3.63, 3.8) is 0 Å². The van der Waals surface area contributed by atoms with Crippen LogP contribution in [0.1, 0.15) is 18.4 Å². The molecule has 0 aliphatic carbocycles. The first-order valence-corrected chi connectivity index (χ1v) is 9.28. The summed E-state index contributed by atoms with van der Waals surface area (Å²) in [7, 11) is 1.81. The van der Waals surface area contributed by atoms with Gasteiger partial charge in [0.15, 0.2) is 0 Å². The number of carbonyl (C=O) groups excluding carboxylic acids is 1. The number of benzene rings is 1. The van der Waals surface area contributed by atoms with Gasteiger partial charge in [0.05, 0.1) is 13.1 Å². The van der Waals surface area contributed by atoms with E-state index in [1.54, 1.807) is 12.1 Å². The number of likely N-dealkylation sites (N-methyl/N-ethyl adjacent to an activating group) is 1. The Kier molecular flexibility index (Phi) is 10.9. The third kappa shape index (κ3) is 9.38. The Hall–Kier alpha value is -1.97. The summed E-state index contributed by atoms with van der Waals surface area (Å²) in [4.78, 5) is 26.8. The minimum Gasteiger partial charge on any atom is -0.480 e. The smallest absolute Gasteiger partial charge is 0.387 e. The lowest BCUT2D eigenvalue weighted by Gasteiger charge is -2.35. The van der Waals surface area contributed by atoms with Crippen molar-refractivity contribution < 1.29 is 28.2 Å². The second-order valence-electron chi connectivity index (χ2n) is 6.94. The lowest BCUT2D eigenvalue weighted by atomic mass is 10.0. The molecule has 0 saturated carbocycles. The number of carboxylic acids is 1. The van der Waals surface area contributed by atoms with Crippen LogP contribution in [0.2, 0.25) is 0 Å². The number of aliphatic carboxylic acids is 1. The van der Waals surface area contributed by atoms with Crippen molar-refractivity contribution >= 4 is 24.3 Å². The summed E-state index contributed by atoms with van der Waals surface area (Å²) in [5.41, 5.74) is 0.921. The van der Waals surface area contributed by atoms with E-state index in [1.807, 2.05) is 11.9 Å². The zero-order chi connectivity index (χ0) is 20.5.